The second kappa shape index (κ2) is 9.54. The number of fused-ring (bicyclic) bond motifs is 1. The molecule has 2 aromatic heterocycles. The van der Waals surface area contributed by atoms with Crippen LogP contribution in [0.4, 0.5) is 0 Å². The maximum atomic E-state index is 13.5. The summed E-state index contributed by atoms with van der Waals surface area (Å²) in [6.45, 7) is 7.83. The highest BCUT2D eigenvalue weighted by atomic mass is 32.1. The number of carbonyl (C=O) groups excluding carboxylic acids is 1. The molecule has 0 fully saturated rings. The number of ether oxygens (including phenoxy) is 2. The van der Waals surface area contributed by atoms with E-state index >= 15 is 0 Å². The van der Waals surface area contributed by atoms with Gasteiger partial charge < -0.3 is 9.47 Å². The first-order valence-electron chi connectivity index (χ1n) is 10.8. The SMILES string of the molecule is CCOc1ccc([C@@H]2C(C(=O)OC(C)C)=C(C)N=c3s/c(=C/c4cccnc4)c(=O)n32)cc1. The predicted octanol–water partition coefficient (Wildman–Crippen LogP) is 2.98. The normalized spacial score (nSPS) is 15.9. The van der Waals surface area contributed by atoms with Crippen molar-refractivity contribution in [1.82, 2.24) is 9.55 Å². The molecular formula is C25H25N3O4S. The molecule has 33 heavy (non-hydrogen) atoms. The number of hydrogen-bond acceptors (Lipinski definition) is 7. The minimum atomic E-state index is -0.653. The molecule has 1 aliphatic rings. The summed E-state index contributed by atoms with van der Waals surface area (Å²) in [6, 6.07) is 10.5. The highest BCUT2D eigenvalue weighted by Gasteiger charge is 2.33. The summed E-state index contributed by atoms with van der Waals surface area (Å²) in [4.78, 5) is 35.9. The van der Waals surface area contributed by atoms with Crippen LogP contribution in [0.25, 0.3) is 6.08 Å². The minimum Gasteiger partial charge on any atom is -0.494 e. The number of nitrogens with zero attached hydrogens (tertiary/aromatic N) is 3. The van der Waals surface area contributed by atoms with Gasteiger partial charge in [0.2, 0.25) is 0 Å². The van der Waals surface area contributed by atoms with Gasteiger partial charge in [-0.25, -0.2) is 9.79 Å². The van der Waals surface area contributed by atoms with Crippen LogP contribution in [0.2, 0.25) is 0 Å². The Labute approximate surface area is 195 Å². The number of benzene rings is 1. The van der Waals surface area contributed by atoms with Gasteiger partial charge in [-0.15, -0.1) is 0 Å². The average Bonchev–Trinajstić information content (AvgIpc) is 3.08. The van der Waals surface area contributed by atoms with Crippen molar-refractivity contribution in [2.45, 2.75) is 39.8 Å². The first-order valence-corrected chi connectivity index (χ1v) is 11.6. The molecule has 0 N–H and O–H groups in total. The maximum absolute atomic E-state index is 13.5. The lowest BCUT2D eigenvalue weighted by Crippen LogP contribution is -2.40. The van der Waals surface area contributed by atoms with Crippen LogP contribution < -0.4 is 19.6 Å². The topological polar surface area (TPSA) is 82.8 Å². The summed E-state index contributed by atoms with van der Waals surface area (Å²) in [5.41, 5.74) is 2.26. The molecule has 1 aliphatic heterocycles. The number of thiazole rings is 1. The van der Waals surface area contributed by atoms with Gasteiger partial charge in [-0.05, 0) is 63.1 Å². The molecule has 3 heterocycles. The van der Waals surface area contributed by atoms with E-state index in [1.807, 2.05) is 43.3 Å². The Hall–Kier alpha value is -3.52. The van der Waals surface area contributed by atoms with Gasteiger partial charge in [-0.1, -0.05) is 29.5 Å². The van der Waals surface area contributed by atoms with Crippen LogP contribution in [0.3, 0.4) is 0 Å². The van der Waals surface area contributed by atoms with E-state index in [-0.39, 0.29) is 11.7 Å². The lowest BCUT2D eigenvalue weighted by molar-refractivity contribution is -0.143. The quantitative estimate of drug-likeness (QED) is 0.525. The van der Waals surface area contributed by atoms with E-state index in [0.717, 1.165) is 16.9 Å². The van der Waals surface area contributed by atoms with Gasteiger partial charge in [0.1, 0.15) is 5.75 Å². The smallest absolute Gasteiger partial charge is 0.338 e. The zero-order valence-corrected chi connectivity index (χ0v) is 19.8. The van der Waals surface area contributed by atoms with Crippen LogP contribution in [0.15, 0.2) is 69.8 Å². The Morgan fingerprint density at radius 1 is 1.24 bits per heavy atom. The molecule has 0 saturated carbocycles. The molecule has 170 valence electrons. The number of hydrogen-bond donors (Lipinski definition) is 0. The Kier molecular flexibility index (Phi) is 6.55. The third-order valence-electron chi connectivity index (χ3n) is 5.07. The van der Waals surface area contributed by atoms with Gasteiger partial charge in [0.05, 0.1) is 34.6 Å². The lowest BCUT2D eigenvalue weighted by Gasteiger charge is -2.25. The Bertz CT molecular complexity index is 1370. The van der Waals surface area contributed by atoms with Crippen molar-refractivity contribution >= 4 is 23.4 Å². The summed E-state index contributed by atoms with van der Waals surface area (Å²) in [6.07, 6.45) is 4.87. The molecule has 0 bridgehead atoms. The lowest BCUT2D eigenvalue weighted by atomic mass is 9.96. The minimum absolute atomic E-state index is 0.219. The zero-order valence-electron chi connectivity index (χ0n) is 18.9. The van der Waals surface area contributed by atoms with Gasteiger partial charge in [0.15, 0.2) is 4.80 Å². The molecule has 0 unspecified atom stereocenters. The van der Waals surface area contributed by atoms with Crippen molar-refractivity contribution in [3.05, 3.63) is 90.9 Å². The van der Waals surface area contributed by atoms with Crippen molar-refractivity contribution in [1.29, 1.82) is 0 Å². The summed E-state index contributed by atoms with van der Waals surface area (Å²) in [5, 5.41) is 0. The number of esters is 1. The van der Waals surface area contributed by atoms with Crippen LogP contribution >= 0.6 is 11.3 Å². The maximum Gasteiger partial charge on any atom is 0.338 e. The van der Waals surface area contributed by atoms with Gasteiger partial charge in [-0.2, -0.15) is 0 Å². The Balaban J connectivity index is 1.91. The van der Waals surface area contributed by atoms with E-state index in [1.54, 1.807) is 43.8 Å². The molecular weight excluding hydrogens is 438 g/mol. The van der Waals surface area contributed by atoms with Crippen LogP contribution in [0, 0.1) is 0 Å². The highest BCUT2D eigenvalue weighted by molar-refractivity contribution is 7.07. The third kappa shape index (κ3) is 4.66. The fraction of sp³-hybridized carbons (Fsp3) is 0.280. The Morgan fingerprint density at radius 3 is 2.64 bits per heavy atom. The van der Waals surface area contributed by atoms with Crippen molar-refractivity contribution < 1.29 is 14.3 Å². The van der Waals surface area contributed by atoms with Gasteiger partial charge in [0, 0.05) is 12.4 Å². The Morgan fingerprint density at radius 2 is 2.00 bits per heavy atom. The van der Waals surface area contributed by atoms with E-state index < -0.39 is 12.0 Å². The van der Waals surface area contributed by atoms with Gasteiger partial charge >= 0.3 is 5.97 Å². The standard InChI is InChI=1S/C25H25N3O4S/c1-5-31-19-10-8-18(9-11-19)22-21(24(30)32-15(2)3)16(4)27-25-28(22)23(29)20(33-25)13-17-7-6-12-26-14-17/h6-15,22H,5H2,1-4H3/b20-13+/t22-/m1/s1. The number of pyridine rings is 1. The molecule has 0 radical (unpaired) electrons. The highest BCUT2D eigenvalue weighted by Crippen LogP contribution is 2.31. The summed E-state index contributed by atoms with van der Waals surface area (Å²) in [5.74, 6) is 0.240. The third-order valence-corrected chi connectivity index (χ3v) is 6.06. The van der Waals surface area contributed by atoms with Crippen molar-refractivity contribution in [2.75, 3.05) is 6.61 Å². The number of rotatable bonds is 6. The zero-order chi connectivity index (χ0) is 23.5. The fourth-order valence-electron chi connectivity index (χ4n) is 3.70. The van der Waals surface area contributed by atoms with Gasteiger partial charge in [-0.3, -0.25) is 14.3 Å². The molecule has 1 atom stereocenters. The molecule has 0 spiro atoms. The monoisotopic (exact) mass is 463 g/mol. The van der Waals surface area contributed by atoms with Gasteiger partial charge in [0.25, 0.3) is 5.56 Å². The second-order valence-electron chi connectivity index (χ2n) is 7.82. The van der Waals surface area contributed by atoms with Crippen molar-refractivity contribution in [3.8, 4) is 5.75 Å². The molecule has 3 aromatic rings. The van der Waals surface area contributed by atoms with Crippen molar-refractivity contribution in [2.24, 2.45) is 4.99 Å². The van der Waals surface area contributed by atoms with E-state index in [2.05, 4.69) is 9.98 Å². The van der Waals surface area contributed by atoms with Crippen LogP contribution in [0.5, 0.6) is 5.75 Å². The van der Waals surface area contributed by atoms with E-state index in [4.69, 9.17) is 9.47 Å². The molecule has 4 rings (SSSR count). The summed E-state index contributed by atoms with van der Waals surface area (Å²) >= 11 is 1.29. The summed E-state index contributed by atoms with van der Waals surface area (Å²) < 4.78 is 13.2. The molecule has 7 nitrogen and oxygen atoms in total. The van der Waals surface area contributed by atoms with Crippen molar-refractivity contribution in [3.63, 3.8) is 0 Å². The molecule has 0 saturated heterocycles. The number of allylic oxidation sites excluding steroid dienone is 1. The van der Waals surface area contributed by atoms with Crippen LogP contribution in [0.1, 0.15) is 44.9 Å². The second-order valence-corrected chi connectivity index (χ2v) is 8.83. The predicted molar refractivity (Wildman–Crippen MR) is 127 cm³/mol. The van der Waals surface area contributed by atoms with E-state index in [0.29, 0.717) is 27.2 Å². The summed E-state index contributed by atoms with van der Waals surface area (Å²) in [7, 11) is 0. The van der Waals surface area contributed by atoms with E-state index in [9.17, 15) is 9.59 Å². The number of carbonyl (C=O) groups is 1. The molecule has 8 heteroatoms. The van der Waals surface area contributed by atoms with Crippen LogP contribution in [-0.2, 0) is 9.53 Å². The van der Waals surface area contributed by atoms with E-state index in [1.165, 1.54) is 11.3 Å². The first-order chi connectivity index (χ1) is 15.9. The first kappa shape index (κ1) is 22.7. The fourth-order valence-corrected chi connectivity index (χ4v) is 4.75. The largest absolute Gasteiger partial charge is 0.494 e. The van der Waals surface area contributed by atoms with Crippen LogP contribution in [-0.4, -0.2) is 28.2 Å². The molecule has 0 amide bonds. The average molecular weight is 464 g/mol. The number of aromatic nitrogens is 2. The molecule has 1 aromatic carbocycles. The molecule has 0 aliphatic carbocycles.